The van der Waals surface area contributed by atoms with Gasteiger partial charge in [-0.25, -0.2) is 9.18 Å². The summed E-state index contributed by atoms with van der Waals surface area (Å²) in [5.74, 6) is 0.962. The van der Waals surface area contributed by atoms with Gasteiger partial charge in [0.15, 0.2) is 0 Å². The third kappa shape index (κ3) is 4.88. The Kier molecular flexibility index (Phi) is 5.73. The number of hydrogen-bond acceptors (Lipinski definition) is 5. The first-order valence-electron chi connectivity index (χ1n) is 7.99. The molecule has 0 saturated carbocycles. The van der Waals surface area contributed by atoms with Crippen LogP contribution in [0, 0.1) is 0 Å². The number of carboxylic acid groups (broad SMARTS) is 1. The topological polar surface area (TPSA) is 102 Å². The van der Waals surface area contributed by atoms with Crippen LogP contribution in [-0.2, 0) is 0 Å². The number of ether oxygens (including phenoxy) is 1. The van der Waals surface area contributed by atoms with Crippen molar-refractivity contribution in [2.75, 3.05) is 13.2 Å². The standard InChI is InChI=1S/C18H16FN5O3/c19-10-13(11-20-18(25)26)12-27-16-8-6-14(7-9-16)17-21-23-24(22-17)15-4-2-1-3-5-15/h1-10,20H,11-12H2,(H,25,26)/b13-10-. The van der Waals surface area contributed by atoms with E-state index in [-0.39, 0.29) is 18.7 Å². The predicted molar refractivity (Wildman–Crippen MR) is 95.3 cm³/mol. The van der Waals surface area contributed by atoms with Crippen molar-refractivity contribution in [3.8, 4) is 22.8 Å². The van der Waals surface area contributed by atoms with Crippen molar-refractivity contribution in [2.24, 2.45) is 0 Å². The van der Waals surface area contributed by atoms with Gasteiger partial charge in [-0.1, -0.05) is 18.2 Å². The summed E-state index contributed by atoms with van der Waals surface area (Å²) in [6, 6.07) is 16.3. The maximum absolute atomic E-state index is 12.7. The second kappa shape index (κ2) is 8.56. The summed E-state index contributed by atoms with van der Waals surface area (Å²) < 4.78 is 18.2. The molecule has 3 rings (SSSR count). The first-order chi connectivity index (χ1) is 13.2. The lowest BCUT2D eigenvalue weighted by Crippen LogP contribution is -2.25. The molecule has 0 aliphatic carbocycles. The van der Waals surface area contributed by atoms with Gasteiger partial charge in [0.2, 0.25) is 5.82 Å². The van der Waals surface area contributed by atoms with Crippen LogP contribution in [0.3, 0.4) is 0 Å². The van der Waals surface area contributed by atoms with Gasteiger partial charge in [0.05, 0.1) is 12.0 Å². The predicted octanol–water partition coefficient (Wildman–Crippen LogP) is 2.83. The summed E-state index contributed by atoms with van der Waals surface area (Å²) in [4.78, 5) is 11.9. The Hall–Kier alpha value is -3.75. The summed E-state index contributed by atoms with van der Waals surface area (Å²) in [5, 5.41) is 23.0. The first kappa shape index (κ1) is 18.1. The molecular weight excluding hydrogens is 353 g/mol. The van der Waals surface area contributed by atoms with Gasteiger partial charge in [-0.05, 0) is 41.6 Å². The number of nitrogens with zero attached hydrogens (tertiary/aromatic N) is 4. The lowest BCUT2D eigenvalue weighted by Gasteiger charge is -2.09. The van der Waals surface area contributed by atoms with Gasteiger partial charge < -0.3 is 15.2 Å². The molecule has 138 valence electrons. The molecule has 0 aliphatic heterocycles. The van der Waals surface area contributed by atoms with E-state index >= 15 is 0 Å². The van der Waals surface area contributed by atoms with Gasteiger partial charge >= 0.3 is 6.09 Å². The van der Waals surface area contributed by atoms with E-state index in [0.717, 1.165) is 11.3 Å². The number of aromatic nitrogens is 4. The molecule has 9 heteroatoms. The fourth-order valence-corrected chi connectivity index (χ4v) is 2.19. The zero-order valence-electron chi connectivity index (χ0n) is 14.1. The van der Waals surface area contributed by atoms with E-state index in [1.165, 1.54) is 4.80 Å². The number of para-hydroxylation sites is 1. The molecule has 0 unspecified atom stereocenters. The summed E-state index contributed by atoms with van der Waals surface area (Å²) in [6.07, 6.45) is -0.898. The number of carbonyl (C=O) groups is 1. The lowest BCUT2D eigenvalue weighted by atomic mass is 10.2. The summed E-state index contributed by atoms with van der Waals surface area (Å²) in [6.45, 7) is -0.213. The highest BCUT2D eigenvalue weighted by atomic mass is 19.1. The zero-order valence-corrected chi connectivity index (χ0v) is 14.1. The Morgan fingerprint density at radius 1 is 1.19 bits per heavy atom. The Morgan fingerprint density at radius 3 is 2.59 bits per heavy atom. The molecule has 0 saturated heterocycles. The molecule has 0 bridgehead atoms. The summed E-state index contributed by atoms with van der Waals surface area (Å²) in [5.41, 5.74) is 1.73. The van der Waals surface area contributed by atoms with Gasteiger partial charge in [-0.3, -0.25) is 0 Å². The highest BCUT2D eigenvalue weighted by Gasteiger charge is 2.08. The number of amides is 1. The molecule has 0 fully saturated rings. The number of hydrogen-bond donors (Lipinski definition) is 2. The number of tetrazole rings is 1. The molecule has 27 heavy (non-hydrogen) atoms. The van der Waals surface area contributed by atoms with Gasteiger partial charge in [-0.2, -0.15) is 0 Å². The van der Waals surface area contributed by atoms with Gasteiger partial charge in [0.1, 0.15) is 12.4 Å². The SMILES string of the molecule is O=C(O)NC/C(=C/F)COc1ccc(-c2nnn(-c3ccccc3)n2)cc1. The van der Waals surface area contributed by atoms with Crippen molar-refractivity contribution < 1.29 is 19.0 Å². The Balaban J connectivity index is 1.62. The summed E-state index contributed by atoms with van der Waals surface area (Å²) in [7, 11) is 0. The molecule has 1 heterocycles. The normalized spacial score (nSPS) is 11.2. The maximum atomic E-state index is 12.7. The van der Waals surface area contributed by atoms with Crippen LogP contribution < -0.4 is 10.1 Å². The molecule has 0 atom stereocenters. The van der Waals surface area contributed by atoms with E-state index in [1.807, 2.05) is 30.3 Å². The molecule has 2 aromatic carbocycles. The van der Waals surface area contributed by atoms with Crippen molar-refractivity contribution in [2.45, 2.75) is 0 Å². The molecular formula is C18H16FN5O3. The van der Waals surface area contributed by atoms with Crippen LogP contribution in [0.1, 0.15) is 0 Å². The van der Waals surface area contributed by atoms with Crippen molar-refractivity contribution in [1.29, 1.82) is 0 Å². The van der Waals surface area contributed by atoms with Crippen LogP contribution >= 0.6 is 0 Å². The summed E-state index contributed by atoms with van der Waals surface area (Å²) >= 11 is 0. The number of nitrogens with one attached hydrogen (secondary N) is 1. The van der Waals surface area contributed by atoms with Crippen LogP contribution in [0.25, 0.3) is 17.1 Å². The quantitative estimate of drug-likeness (QED) is 0.664. The highest BCUT2D eigenvalue weighted by molar-refractivity contribution is 5.64. The van der Waals surface area contributed by atoms with Crippen LogP contribution in [0.4, 0.5) is 9.18 Å². The largest absolute Gasteiger partial charge is 0.489 e. The maximum Gasteiger partial charge on any atom is 0.404 e. The van der Waals surface area contributed by atoms with Crippen LogP contribution in [0.2, 0.25) is 0 Å². The molecule has 2 N–H and O–H groups in total. The average Bonchev–Trinajstić information content (AvgIpc) is 3.19. The average molecular weight is 369 g/mol. The fourth-order valence-electron chi connectivity index (χ4n) is 2.19. The first-order valence-corrected chi connectivity index (χ1v) is 7.99. The highest BCUT2D eigenvalue weighted by Crippen LogP contribution is 2.19. The number of halogens is 1. The molecule has 0 spiro atoms. The Labute approximate surface area is 153 Å². The van der Waals surface area contributed by atoms with Crippen LogP contribution in [0.5, 0.6) is 5.75 Å². The Bertz CT molecular complexity index is 926. The van der Waals surface area contributed by atoms with Gasteiger partial charge in [0.25, 0.3) is 0 Å². The molecule has 0 radical (unpaired) electrons. The van der Waals surface area contributed by atoms with Crippen LogP contribution in [0.15, 0.2) is 66.5 Å². The van der Waals surface area contributed by atoms with Crippen molar-refractivity contribution in [3.63, 3.8) is 0 Å². The lowest BCUT2D eigenvalue weighted by molar-refractivity contribution is 0.195. The van der Waals surface area contributed by atoms with E-state index < -0.39 is 6.09 Å². The van der Waals surface area contributed by atoms with Crippen molar-refractivity contribution >= 4 is 6.09 Å². The monoisotopic (exact) mass is 369 g/mol. The van der Waals surface area contributed by atoms with Gasteiger partial charge in [0, 0.05) is 17.7 Å². The second-order valence-corrected chi connectivity index (χ2v) is 5.48. The van der Waals surface area contributed by atoms with Crippen molar-refractivity contribution in [3.05, 3.63) is 66.5 Å². The number of benzene rings is 2. The molecule has 1 amide bonds. The van der Waals surface area contributed by atoms with E-state index in [0.29, 0.717) is 17.9 Å². The molecule has 3 aromatic rings. The minimum absolute atomic E-state index is 0.0709. The molecule has 8 nitrogen and oxygen atoms in total. The van der Waals surface area contributed by atoms with E-state index in [2.05, 4.69) is 20.7 Å². The van der Waals surface area contributed by atoms with Gasteiger partial charge in [-0.15, -0.1) is 15.0 Å². The second-order valence-electron chi connectivity index (χ2n) is 5.48. The smallest absolute Gasteiger partial charge is 0.404 e. The molecule has 1 aromatic heterocycles. The van der Waals surface area contributed by atoms with E-state index in [4.69, 9.17) is 9.84 Å². The number of rotatable bonds is 7. The fraction of sp³-hybridized carbons (Fsp3) is 0.111. The third-order valence-electron chi connectivity index (χ3n) is 3.56. The minimum Gasteiger partial charge on any atom is -0.489 e. The zero-order chi connectivity index (χ0) is 19.1. The van der Waals surface area contributed by atoms with Crippen LogP contribution in [-0.4, -0.2) is 44.6 Å². The Morgan fingerprint density at radius 2 is 1.93 bits per heavy atom. The minimum atomic E-state index is -1.23. The third-order valence-corrected chi connectivity index (χ3v) is 3.56. The van der Waals surface area contributed by atoms with E-state index in [9.17, 15) is 9.18 Å². The van der Waals surface area contributed by atoms with E-state index in [1.54, 1.807) is 24.3 Å². The van der Waals surface area contributed by atoms with Crippen molar-refractivity contribution in [1.82, 2.24) is 25.5 Å². The molecule has 0 aliphatic rings.